The smallest absolute Gasteiger partial charge is 0.325 e. The summed E-state index contributed by atoms with van der Waals surface area (Å²) in [7, 11) is 1.31. The summed E-state index contributed by atoms with van der Waals surface area (Å²) >= 11 is 0. The van der Waals surface area contributed by atoms with Crippen LogP contribution < -0.4 is 4.90 Å². The number of rotatable bonds is 4. The lowest BCUT2D eigenvalue weighted by Gasteiger charge is -2.23. The molecule has 0 atom stereocenters. The number of methoxy groups -OCH3 is 1. The average molecular weight is 235 g/mol. The predicted molar refractivity (Wildman–Crippen MR) is 65.6 cm³/mol. The van der Waals surface area contributed by atoms with Gasteiger partial charge in [-0.1, -0.05) is 32.0 Å². The van der Waals surface area contributed by atoms with E-state index in [4.69, 9.17) is 0 Å². The lowest BCUT2D eigenvalue weighted by molar-refractivity contribution is -0.140. The van der Waals surface area contributed by atoms with E-state index < -0.39 is 5.97 Å². The maximum atomic E-state index is 12.0. The number of hydrogen-bond donors (Lipinski definition) is 0. The second-order valence-corrected chi connectivity index (χ2v) is 3.99. The van der Waals surface area contributed by atoms with Crippen LogP contribution in [0.25, 0.3) is 0 Å². The van der Waals surface area contributed by atoms with Gasteiger partial charge < -0.3 is 9.64 Å². The molecule has 0 aliphatic rings. The lowest BCUT2D eigenvalue weighted by atomic mass is 10.1. The minimum atomic E-state index is -0.428. The van der Waals surface area contributed by atoms with Crippen LogP contribution in [0.5, 0.6) is 0 Å². The molecule has 0 unspecified atom stereocenters. The van der Waals surface area contributed by atoms with Crippen molar-refractivity contribution in [3.63, 3.8) is 0 Å². The number of ether oxygens (including phenoxy) is 1. The van der Waals surface area contributed by atoms with E-state index in [-0.39, 0.29) is 18.4 Å². The molecule has 0 N–H and O–H groups in total. The molecule has 1 amide bonds. The minimum absolute atomic E-state index is 0.0580. The number of nitrogens with zero attached hydrogens (tertiary/aromatic N) is 1. The predicted octanol–water partition coefficient (Wildman–Crippen LogP) is 1.85. The van der Waals surface area contributed by atoms with Gasteiger partial charge in [0.25, 0.3) is 0 Å². The highest BCUT2D eigenvalue weighted by molar-refractivity contribution is 5.98. The molecule has 1 aromatic rings. The van der Waals surface area contributed by atoms with Gasteiger partial charge in [-0.2, -0.15) is 0 Å². The van der Waals surface area contributed by atoms with Crippen molar-refractivity contribution in [1.29, 1.82) is 0 Å². The van der Waals surface area contributed by atoms with E-state index in [1.54, 1.807) is 26.0 Å². The topological polar surface area (TPSA) is 46.6 Å². The zero-order valence-electron chi connectivity index (χ0n) is 10.3. The Morgan fingerprint density at radius 1 is 1.24 bits per heavy atom. The van der Waals surface area contributed by atoms with Gasteiger partial charge in [-0.05, 0) is 12.1 Å². The van der Waals surface area contributed by atoms with Crippen molar-refractivity contribution in [1.82, 2.24) is 0 Å². The van der Waals surface area contributed by atoms with E-state index in [0.29, 0.717) is 5.69 Å². The van der Waals surface area contributed by atoms with Gasteiger partial charge in [0, 0.05) is 11.6 Å². The maximum absolute atomic E-state index is 12.0. The van der Waals surface area contributed by atoms with Crippen molar-refractivity contribution in [2.24, 2.45) is 5.92 Å². The molecule has 17 heavy (non-hydrogen) atoms. The Balaban J connectivity index is 2.94. The highest BCUT2D eigenvalue weighted by Gasteiger charge is 2.21. The third kappa shape index (κ3) is 3.59. The number of benzene rings is 1. The molecule has 0 aliphatic carbocycles. The van der Waals surface area contributed by atoms with Crippen molar-refractivity contribution in [2.45, 2.75) is 13.8 Å². The van der Waals surface area contributed by atoms with Crippen LogP contribution in [0.4, 0.5) is 5.69 Å². The molecular formula is C13H17NO3. The summed E-state index contributed by atoms with van der Waals surface area (Å²) < 4.78 is 4.60. The maximum Gasteiger partial charge on any atom is 0.325 e. The number of carbonyl (C=O) groups excluding carboxylic acids is 2. The molecule has 92 valence electrons. The molecule has 0 bridgehead atoms. The summed E-state index contributed by atoms with van der Waals surface area (Å²) in [6, 6.07) is 9.10. The van der Waals surface area contributed by atoms with Crippen molar-refractivity contribution < 1.29 is 14.3 Å². The first-order valence-corrected chi connectivity index (χ1v) is 5.49. The Kier molecular flexibility index (Phi) is 4.69. The number of carbonyl (C=O) groups is 2. The van der Waals surface area contributed by atoms with Crippen molar-refractivity contribution in [3.05, 3.63) is 30.3 Å². The molecule has 0 radical (unpaired) electrons. The molecule has 4 heteroatoms. The zero-order chi connectivity index (χ0) is 12.8. The van der Waals surface area contributed by atoms with Crippen molar-refractivity contribution in [3.8, 4) is 0 Å². The monoisotopic (exact) mass is 235 g/mol. The van der Waals surface area contributed by atoms with Gasteiger partial charge in [-0.3, -0.25) is 9.59 Å². The van der Waals surface area contributed by atoms with Crippen molar-refractivity contribution in [2.75, 3.05) is 18.6 Å². The van der Waals surface area contributed by atoms with Crippen LogP contribution in [0.3, 0.4) is 0 Å². The first-order valence-electron chi connectivity index (χ1n) is 5.49. The Morgan fingerprint density at radius 2 is 1.82 bits per heavy atom. The van der Waals surface area contributed by atoms with Crippen LogP contribution in [0.15, 0.2) is 30.3 Å². The van der Waals surface area contributed by atoms with E-state index in [1.807, 2.05) is 18.2 Å². The fourth-order valence-corrected chi connectivity index (χ4v) is 1.41. The van der Waals surface area contributed by atoms with Gasteiger partial charge in [0.15, 0.2) is 0 Å². The highest BCUT2D eigenvalue weighted by atomic mass is 16.5. The number of amides is 1. The van der Waals surface area contributed by atoms with Gasteiger partial charge >= 0.3 is 5.97 Å². The number of esters is 1. The summed E-state index contributed by atoms with van der Waals surface area (Å²) in [6.07, 6.45) is 0. The molecule has 0 fully saturated rings. The van der Waals surface area contributed by atoms with Gasteiger partial charge in [0.1, 0.15) is 6.54 Å². The molecule has 0 saturated carbocycles. The summed E-state index contributed by atoms with van der Waals surface area (Å²) in [4.78, 5) is 24.8. The minimum Gasteiger partial charge on any atom is -0.468 e. The van der Waals surface area contributed by atoms with E-state index in [9.17, 15) is 9.59 Å². The number of anilines is 1. The van der Waals surface area contributed by atoms with Gasteiger partial charge in [0.2, 0.25) is 5.91 Å². The molecule has 1 aromatic carbocycles. The summed E-state index contributed by atoms with van der Waals surface area (Å²) in [5.41, 5.74) is 0.705. The first-order chi connectivity index (χ1) is 8.06. The van der Waals surface area contributed by atoms with Crippen LogP contribution in [0.2, 0.25) is 0 Å². The lowest BCUT2D eigenvalue weighted by Crippen LogP contribution is -2.38. The number of para-hydroxylation sites is 1. The summed E-state index contributed by atoms with van der Waals surface area (Å²) in [6.45, 7) is 3.54. The molecule has 4 nitrogen and oxygen atoms in total. The number of hydrogen-bond acceptors (Lipinski definition) is 3. The fourth-order valence-electron chi connectivity index (χ4n) is 1.41. The van der Waals surface area contributed by atoms with E-state index in [2.05, 4.69) is 4.74 Å². The van der Waals surface area contributed by atoms with Crippen LogP contribution in [-0.4, -0.2) is 25.5 Å². The van der Waals surface area contributed by atoms with Crippen LogP contribution in [0, 0.1) is 5.92 Å². The molecule has 1 rings (SSSR count). The summed E-state index contributed by atoms with van der Waals surface area (Å²) in [5.74, 6) is -0.690. The third-order valence-electron chi connectivity index (χ3n) is 2.34. The Bertz CT molecular complexity index is 387. The second kappa shape index (κ2) is 6.03. The van der Waals surface area contributed by atoms with Crippen LogP contribution >= 0.6 is 0 Å². The van der Waals surface area contributed by atoms with Crippen molar-refractivity contribution >= 4 is 17.6 Å². The Labute approximate surface area is 101 Å². The van der Waals surface area contributed by atoms with E-state index >= 15 is 0 Å². The summed E-state index contributed by atoms with van der Waals surface area (Å²) in [5, 5.41) is 0. The van der Waals surface area contributed by atoms with Gasteiger partial charge in [0.05, 0.1) is 7.11 Å². The standard InChI is InChI=1S/C13H17NO3/c1-10(2)13(16)14(9-12(15)17-3)11-7-5-4-6-8-11/h4-8,10H,9H2,1-3H3. The second-order valence-electron chi connectivity index (χ2n) is 3.99. The van der Waals surface area contributed by atoms with E-state index in [1.165, 1.54) is 12.0 Å². The quantitative estimate of drug-likeness (QED) is 0.748. The van der Waals surface area contributed by atoms with E-state index in [0.717, 1.165) is 0 Å². The zero-order valence-corrected chi connectivity index (χ0v) is 10.3. The molecule has 0 saturated heterocycles. The van der Waals surface area contributed by atoms with Crippen LogP contribution in [-0.2, 0) is 14.3 Å². The largest absolute Gasteiger partial charge is 0.468 e. The molecule has 0 heterocycles. The first kappa shape index (κ1) is 13.2. The Hall–Kier alpha value is -1.84. The SMILES string of the molecule is COC(=O)CN(C(=O)C(C)C)c1ccccc1. The molecule has 0 aliphatic heterocycles. The van der Waals surface area contributed by atoms with Crippen LogP contribution in [0.1, 0.15) is 13.8 Å². The molecular weight excluding hydrogens is 218 g/mol. The van der Waals surface area contributed by atoms with Gasteiger partial charge in [-0.25, -0.2) is 0 Å². The normalized spacial score (nSPS) is 10.1. The third-order valence-corrected chi connectivity index (χ3v) is 2.34. The highest BCUT2D eigenvalue weighted by Crippen LogP contribution is 2.16. The Morgan fingerprint density at radius 3 is 2.29 bits per heavy atom. The fraction of sp³-hybridized carbons (Fsp3) is 0.385. The molecule has 0 aromatic heterocycles. The molecule has 0 spiro atoms. The van der Waals surface area contributed by atoms with Gasteiger partial charge in [-0.15, -0.1) is 0 Å². The average Bonchev–Trinajstić information content (AvgIpc) is 2.35.